The van der Waals surface area contributed by atoms with Crippen molar-refractivity contribution in [1.29, 1.82) is 0 Å². The molecule has 0 aliphatic heterocycles. The van der Waals surface area contributed by atoms with Crippen molar-refractivity contribution in [3.63, 3.8) is 0 Å². The smallest absolute Gasteiger partial charge is 0.226 e. The van der Waals surface area contributed by atoms with E-state index >= 15 is 0 Å². The lowest BCUT2D eigenvalue weighted by Gasteiger charge is -2.11. The normalized spacial score (nSPS) is 12.6. The first-order chi connectivity index (χ1) is 8.47. The van der Waals surface area contributed by atoms with E-state index in [4.69, 9.17) is 16.3 Å². The molecule has 0 aliphatic carbocycles. The van der Waals surface area contributed by atoms with E-state index in [1.54, 1.807) is 0 Å². The Morgan fingerprint density at radius 3 is 2.67 bits per heavy atom. The highest BCUT2D eigenvalue weighted by molar-refractivity contribution is 6.20. The zero-order valence-electron chi connectivity index (χ0n) is 11.5. The Balaban J connectivity index is 2.51. The van der Waals surface area contributed by atoms with Gasteiger partial charge in [-0.3, -0.25) is 0 Å². The third-order valence-electron chi connectivity index (χ3n) is 2.25. The average molecular weight is 272 g/mol. The van der Waals surface area contributed by atoms with Crippen LogP contribution in [0.1, 0.15) is 39.3 Å². The molecular weight excluding hydrogens is 250 g/mol. The summed E-state index contributed by atoms with van der Waals surface area (Å²) in [4.78, 5) is 8.64. The van der Waals surface area contributed by atoms with Gasteiger partial charge in [-0.1, -0.05) is 0 Å². The van der Waals surface area contributed by atoms with Gasteiger partial charge >= 0.3 is 0 Å². The number of rotatable bonds is 7. The van der Waals surface area contributed by atoms with Crippen LogP contribution in [0.25, 0.3) is 0 Å². The molecule has 0 fully saturated rings. The van der Waals surface area contributed by atoms with Gasteiger partial charge in [0.05, 0.1) is 6.10 Å². The lowest BCUT2D eigenvalue weighted by molar-refractivity contribution is 0.232. The van der Waals surface area contributed by atoms with Gasteiger partial charge in [0.15, 0.2) is 0 Å². The summed E-state index contributed by atoms with van der Waals surface area (Å²) in [6, 6.07) is 1.84. The number of aryl methyl sites for hydroxylation is 1. The number of alkyl halides is 1. The predicted octanol–water partition coefficient (Wildman–Crippen LogP) is 3.39. The number of aromatic nitrogens is 2. The maximum absolute atomic E-state index is 5.89. The minimum Gasteiger partial charge on any atom is -0.475 e. The molecule has 0 bridgehead atoms. The van der Waals surface area contributed by atoms with Crippen molar-refractivity contribution < 1.29 is 4.74 Å². The zero-order chi connectivity index (χ0) is 13.5. The number of nitrogens with one attached hydrogen (secondary N) is 1. The molecule has 0 radical (unpaired) electrons. The maximum atomic E-state index is 5.89. The molecule has 0 amide bonds. The van der Waals surface area contributed by atoms with Crippen molar-refractivity contribution in [1.82, 2.24) is 9.97 Å². The largest absolute Gasteiger partial charge is 0.475 e. The minimum atomic E-state index is 0.115. The highest BCUT2D eigenvalue weighted by atomic mass is 35.5. The fourth-order valence-electron chi connectivity index (χ4n) is 1.50. The monoisotopic (exact) mass is 271 g/mol. The minimum absolute atomic E-state index is 0.115. The Labute approximate surface area is 114 Å². The molecular formula is C13H22ClN3O. The van der Waals surface area contributed by atoms with E-state index in [1.807, 2.05) is 33.8 Å². The number of anilines is 1. The summed E-state index contributed by atoms with van der Waals surface area (Å²) >= 11 is 5.89. The number of hydrogen-bond donors (Lipinski definition) is 1. The SMILES string of the molecule is Cc1cc(OC(C)C)nc(NCCCC(C)Cl)n1. The molecule has 102 valence electrons. The average Bonchev–Trinajstić information content (AvgIpc) is 2.22. The van der Waals surface area contributed by atoms with Crippen LogP contribution in [0.2, 0.25) is 0 Å². The summed E-state index contributed by atoms with van der Waals surface area (Å²) in [5.74, 6) is 1.23. The Morgan fingerprint density at radius 1 is 1.33 bits per heavy atom. The molecule has 4 nitrogen and oxygen atoms in total. The molecule has 1 atom stereocenters. The highest BCUT2D eigenvalue weighted by Gasteiger charge is 2.05. The third kappa shape index (κ3) is 6.05. The molecule has 0 saturated heterocycles. The third-order valence-corrected chi connectivity index (χ3v) is 2.47. The molecule has 1 N–H and O–H groups in total. The molecule has 0 spiro atoms. The van der Waals surface area contributed by atoms with Crippen LogP contribution in [0, 0.1) is 6.92 Å². The van der Waals surface area contributed by atoms with Crippen LogP contribution >= 0.6 is 11.6 Å². The molecule has 1 heterocycles. The molecule has 1 rings (SSSR count). The van der Waals surface area contributed by atoms with Gasteiger partial charge in [-0.15, -0.1) is 11.6 Å². The number of halogens is 1. The first-order valence-corrected chi connectivity index (χ1v) is 6.81. The van der Waals surface area contributed by atoms with E-state index in [2.05, 4.69) is 15.3 Å². The lowest BCUT2D eigenvalue weighted by atomic mass is 10.2. The van der Waals surface area contributed by atoms with Crippen LogP contribution in [0.4, 0.5) is 5.95 Å². The van der Waals surface area contributed by atoms with E-state index < -0.39 is 0 Å². The van der Waals surface area contributed by atoms with Crippen molar-refractivity contribution in [3.05, 3.63) is 11.8 Å². The summed E-state index contributed by atoms with van der Waals surface area (Å²) < 4.78 is 5.57. The Morgan fingerprint density at radius 2 is 2.06 bits per heavy atom. The van der Waals surface area contributed by atoms with Gasteiger partial charge in [0.2, 0.25) is 11.8 Å². The maximum Gasteiger partial charge on any atom is 0.226 e. The summed E-state index contributed by atoms with van der Waals surface area (Å²) in [5, 5.41) is 3.41. The van der Waals surface area contributed by atoms with E-state index in [0.29, 0.717) is 11.8 Å². The van der Waals surface area contributed by atoms with Crippen molar-refractivity contribution >= 4 is 17.5 Å². The van der Waals surface area contributed by atoms with Crippen LogP contribution in [0.5, 0.6) is 5.88 Å². The predicted molar refractivity (Wildman–Crippen MR) is 75.6 cm³/mol. The van der Waals surface area contributed by atoms with Gasteiger partial charge < -0.3 is 10.1 Å². The number of ether oxygens (including phenoxy) is 1. The molecule has 5 heteroatoms. The van der Waals surface area contributed by atoms with E-state index in [9.17, 15) is 0 Å². The molecule has 18 heavy (non-hydrogen) atoms. The second-order valence-electron chi connectivity index (χ2n) is 4.69. The van der Waals surface area contributed by atoms with Gasteiger partial charge in [0, 0.05) is 23.7 Å². The van der Waals surface area contributed by atoms with Gasteiger partial charge in [-0.05, 0) is 40.5 Å². The Hall–Kier alpha value is -1.03. The zero-order valence-corrected chi connectivity index (χ0v) is 12.3. The fraction of sp³-hybridized carbons (Fsp3) is 0.692. The summed E-state index contributed by atoms with van der Waals surface area (Å²) in [5.41, 5.74) is 0.897. The molecule has 0 saturated carbocycles. The summed E-state index contributed by atoms with van der Waals surface area (Å²) in [6.07, 6.45) is 2.10. The van der Waals surface area contributed by atoms with Crippen LogP contribution in [0.3, 0.4) is 0 Å². The van der Waals surface area contributed by atoms with Gasteiger partial charge in [0.25, 0.3) is 0 Å². The van der Waals surface area contributed by atoms with Gasteiger partial charge in [0.1, 0.15) is 0 Å². The van der Waals surface area contributed by atoms with Crippen molar-refractivity contribution in [2.75, 3.05) is 11.9 Å². The van der Waals surface area contributed by atoms with Crippen molar-refractivity contribution in [3.8, 4) is 5.88 Å². The molecule has 0 aliphatic rings. The summed E-state index contributed by atoms with van der Waals surface area (Å²) in [6.45, 7) is 8.71. The first kappa shape index (κ1) is 15.0. The molecule has 0 aromatic carbocycles. The van der Waals surface area contributed by atoms with E-state index in [0.717, 1.165) is 25.1 Å². The highest BCUT2D eigenvalue weighted by Crippen LogP contribution is 2.13. The second-order valence-corrected chi connectivity index (χ2v) is 5.43. The van der Waals surface area contributed by atoms with Crippen LogP contribution in [0.15, 0.2) is 6.07 Å². The standard InChI is InChI=1S/C13H22ClN3O/c1-9(2)18-12-8-11(4)16-13(17-12)15-7-5-6-10(3)14/h8-10H,5-7H2,1-4H3,(H,15,16,17). The van der Waals surface area contributed by atoms with Gasteiger partial charge in [-0.2, -0.15) is 4.98 Å². The number of hydrogen-bond acceptors (Lipinski definition) is 4. The van der Waals surface area contributed by atoms with Crippen LogP contribution in [-0.4, -0.2) is 28.0 Å². The quantitative estimate of drug-likeness (QED) is 0.610. The summed E-state index contributed by atoms with van der Waals surface area (Å²) in [7, 11) is 0. The van der Waals surface area contributed by atoms with Crippen molar-refractivity contribution in [2.24, 2.45) is 0 Å². The van der Waals surface area contributed by atoms with E-state index in [1.165, 1.54) is 0 Å². The van der Waals surface area contributed by atoms with Crippen LogP contribution in [-0.2, 0) is 0 Å². The number of nitrogens with zero attached hydrogens (tertiary/aromatic N) is 2. The lowest BCUT2D eigenvalue weighted by Crippen LogP contribution is -2.11. The fourth-order valence-corrected chi connectivity index (χ4v) is 1.66. The molecule has 1 unspecified atom stereocenters. The topological polar surface area (TPSA) is 47.0 Å². The van der Waals surface area contributed by atoms with Crippen LogP contribution < -0.4 is 10.1 Å². The Bertz CT molecular complexity index is 369. The second kappa shape index (κ2) is 7.41. The molecule has 1 aromatic heterocycles. The van der Waals surface area contributed by atoms with E-state index in [-0.39, 0.29) is 11.5 Å². The Kier molecular flexibility index (Phi) is 6.19. The first-order valence-electron chi connectivity index (χ1n) is 6.37. The van der Waals surface area contributed by atoms with Gasteiger partial charge in [-0.25, -0.2) is 4.98 Å². The molecule has 1 aromatic rings. The van der Waals surface area contributed by atoms with Crippen molar-refractivity contribution in [2.45, 2.75) is 52.0 Å².